The van der Waals surface area contributed by atoms with Gasteiger partial charge in [-0.15, -0.1) is 0 Å². The van der Waals surface area contributed by atoms with Gasteiger partial charge in [0.2, 0.25) is 0 Å². The number of aliphatic hydroxyl groups is 1. The summed E-state index contributed by atoms with van der Waals surface area (Å²) in [7, 11) is -0.560. The Morgan fingerprint density at radius 3 is 2.39 bits per heavy atom. The van der Waals surface area contributed by atoms with Crippen LogP contribution in [0.15, 0.2) is 24.3 Å². The van der Waals surface area contributed by atoms with E-state index in [0.717, 1.165) is 9.87 Å². The molecule has 0 fully saturated rings. The number of nitrogens with zero attached hydrogens (tertiary/aromatic N) is 1. The predicted octanol–water partition coefficient (Wildman–Crippen LogP) is 0.639. The molecule has 6 heteroatoms. The quantitative estimate of drug-likeness (QED) is 0.787. The molecule has 2 N–H and O–H groups in total. The average molecular weight is 268 g/mol. The van der Waals surface area contributed by atoms with Crippen molar-refractivity contribution in [2.24, 2.45) is 0 Å². The molecule has 0 radical (unpaired) electrons. The number of aliphatic hydroxyl groups excluding tert-OH is 1. The van der Waals surface area contributed by atoms with Crippen molar-refractivity contribution in [3.8, 4) is 11.8 Å². The molecule has 1 aromatic rings. The standard InChI is InChI=1S/C12H16N2O3S/c1-14(2)18(16,17)13-12-8-6-11(7-9-12)5-3-4-10-15/h6-9,13,15H,4,10H2,1-2H3. The van der Waals surface area contributed by atoms with Crippen LogP contribution in [-0.2, 0) is 10.2 Å². The van der Waals surface area contributed by atoms with E-state index >= 15 is 0 Å². The molecule has 0 aromatic heterocycles. The summed E-state index contributed by atoms with van der Waals surface area (Å²) in [6.45, 7) is 0.0354. The fraction of sp³-hybridized carbons (Fsp3) is 0.333. The average Bonchev–Trinajstić information content (AvgIpc) is 2.31. The lowest BCUT2D eigenvalue weighted by molar-refractivity contribution is 0.305. The van der Waals surface area contributed by atoms with E-state index in [-0.39, 0.29) is 6.61 Å². The highest BCUT2D eigenvalue weighted by molar-refractivity contribution is 7.90. The van der Waals surface area contributed by atoms with Crippen molar-refractivity contribution in [1.29, 1.82) is 0 Å². The fourth-order valence-corrected chi connectivity index (χ4v) is 1.70. The van der Waals surface area contributed by atoms with Gasteiger partial charge in [-0.3, -0.25) is 4.72 Å². The molecule has 5 nitrogen and oxygen atoms in total. The molecule has 0 heterocycles. The maximum Gasteiger partial charge on any atom is 0.301 e. The third-order valence-electron chi connectivity index (χ3n) is 2.08. The molecule has 98 valence electrons. The lowest BCUT2D eigenvalue weighted by atomic mass is 10.2. The summed E-state index contributed by atoms with van der Waals surface area (Å²) >= 11 is 0. The topological polar surface area (TPSA) is 69.6 Å². The van der Waals surface area contributed by atoms with Crippen molar-refractivity contribution in [3.05, 3.63) is 29.8 Å². The zero-order chi connectivity index (χ0) is 13.6. The zero-order valence-electron chi connectivity index (χ0n) is 10.3. The van der Waals surface area contributed by atoms with Crippen LogP contribution in [0.3, 0.4) is 0 Å². The van der Waals surface area contributed by atoms with E-state index in [2.05, 4.69) is 16.6 Å². The SMILES string of the molecule is CN(C)S(=O)(=O)Nc1ccc(C#CCCO)cc1. The van der Waals surface area contributed by atoms with Gasteiger partial charge in [0.25, 0.3) is 0 Å². The third-order valence-corrected chi connectivity index (χ3v) is 3.54. The largest absolute Gasteiger partial charge is 0.395 e. The number of rotatable bonds is 4. The first-order valence-corrected chi connectivity index (χ1v) is 6.80. The normalized spacial score (nSPS) is 10.9. The van der Waals surface area contributed by atoms with Crippen molar-refractivity contribution >= 4 is 15.9 Å². The molecule has 0 spiro atoms. The molecule has 0 aliphatic carbocycles. The van der Waals surface area contributed by atoms with Crippen LogP contribution >= 0.6 is 0 Å². The highest BCUT2D eigenvalue weighted by Crippen LogP contribution is 2.11. The molecule has 0 amide bonds. The van der Waals surface area contributed by atoms with E-state index in [1.54, 1.807) is 24.3 Å². The molecular weight excluding hydrogens is 252 g/mol. The smallest absolute Gasteiger partial charge is 0.301 e. The molecule has 1 aromatic carbocycles. The van der Waals surface area contributed by atoms with Crippen molar-refractivity contribution in [3.63, 3.8) is 0 Å². The van der Waals surface area contributed by atoms with Gasteiger partial charge in [-0.25, -0.2) is 0 Å². The van der Waals surface area contributed by atoms with Crippen molar-refractivity contribution < 1.29 is 13.5 Å². The first-order chi connectivity index (χ1) is 8.45. The highest BCUT2D eigenvalue weighted by atomic mass is 32.2. The summed E-state index contributed by atoms with van der Waals surface area (Å²) in [6, 6.07) is 6.73. The molecule has 1 rings (SSSR count). The third kappa shape index (κ3) is 4.37. The minimum absolute atomic E-state index is 0.0354. The van der Waals surface area contributed by atoms with Crippen LogP contribution in [0.1, 0.15) is 12.0 Å². The van der Waals surface area contributed by atoms with Crippen LogP contribution in [0.4, 0.5) is 5.69 Å². The van der Waals surface area contributed by atoms with E-state index in [4.69, 9.17) is 5.11 Å². The van der Waals surface area contributed by atoms with Gasteiger partial charge in [0.05, 0.1) is 6.61 Å². The van der Waals surface area contributed by atoms with Crippen molar-refractivity contribution in [1.82, 2.24) is 4.31 Å². The summed E-state index contributed by atoms with van der Waals surface area (Å²) in [5.74, 6) is 5.65. The number of hydrogen-bond donors (Lipinski definition) is 2. The minimum atomic E-state index is -3.47. The Hall–Kier alpha value is -1.55. The molecule has 0 aliphatic rings. The summed E-state index contributed by atoms with van der Waals surface area (Å²) < 4.78 is 26.6. The summed E-state index contributed by atoms with van der Waals surface area (Å²) in [6.07, 6.45) is 0.426. The predicted molar refractivity (Wildman–Crippen MR) is 71.3 cm³/mol. The molecule has 0 atom stereocenters. The summed E-state index contributed by atoms with van der Waals surface area (Å²) in [5.41, 5.74) is 1.26. The number of anilines is 1. The molecular formula is C12H16N2O3S. The lowest BCUT2D eigenvalue weighted by Crippen LogP contribution is -2.28. The number of benzene rings is 1. The maximum absolute atomic E-state index is 11.6. The Kier molecular flexibility index (Phi) is 5.16. The zero-order valence-corrected chi connectivity index (χ0v) is 11.2. The van der Waals surface area contributed by atoms with Gasteiger partial charge in [0.1, 0.15) is 0 Å². The number of nitrogens with one attached hydrogen (secondary N) is 1. The van der Waals surface area contributed by atoms with E-state index in [0.29, 0.717) is 12.1 Å². The molecule has 0 saturated carbocycles. The Balaban J connectivity index is 2.76. The Morgan fingerprint density at radius 1 is 1.28 bits per heavy atom. The van der Waals surface area contributed by atoms with Crippen LogP contribution in [0.2, 0.25) is 0 Å². The van der Waals surface area contributed by atoms with Crippen LogP contribution in [0.5, 0.6) is 0 Å². The second kappa shape index (κ2) is 6.40. The summed E-state index contributed by atoms with van der Waals surface area (Å²) in [5, 5.41) is 8.58. The second-order valence-corrected chi connectivity index (χ2v) is 5.63. The maximum atomic E-state index is 11.6. The van der Waals surface area contributed by atoms with Crippen LogP contribution in [0.25, 0.3) is 0 Å². The first-order valence-electron chi connectivity index (χ1n) is 5.36. The van der Waals surface area contributed by atoms with Gasteiger partial charge in [0, 0.05) is 31.8 Å². The van der Waals surface area contributed by atoms with Gasteiger partial charge in [-0.05, 0) is 24.3 Å². The Morgan fingerprint density at radius 2 is 1.89 bits per heavy atom. The fourth-order valence-electron chi connectivity index (χ4n) is 1.08. The Bertz CT molecular complexity index is 539. The van der Waals surface area contributed by atoms with E-state index in [1.165, 1.54) is 14.1 Å². The molecule has 0 aliphatic heterocycles. The lowest BCUT2D eigenvalue weighted by Gasteiger charge is -2.13. The second-order valence-electron chi connectivity index (χ2n) is 3.74. The van der Waals surface area contributed by atoms with Gasteiger partial charge in [0.15, 0.2) is 0 Å². The van der Waals surface area contributed by atoms with E-state index < -0.39 is 10.2 Å². The van der Waals surface area contributed by atoms with Crippen molar-refractivity contribution in [2.45, 2.75) is 6.42 Å². The van der Waals surface area contributed by atoms with Gasteiger partial charge in [-0.1, -0.05) is 11.8 Å². The Labute approximate surface area is 108 Å². The van der Waals surface area contributed by atoms with Crippen molar-refractivity contribution in [2.75, 3.05) is 25.4 Å². The first kappa shape index (κ1) is 14.5. The monoisotopic (exact) mass is 268 g/mol. The summed E-state index contributed by atoms with van der Waals surface area (Å²) in [4.78, 5) is 0. The molecule has 18 heavy (non-hydrogen) atoms. The molecule has 0 unspecified atom stereocenters. The van der Waals surface area contributed by atoms with Gasteiger partial charge < -0.3 is 5.11 Å². The van der Waals surface area contributed by atoms with Crippen LogP contribution in [-0.4, -0.2) is 38.5 Å². The number of hydrogen-bond acceptors (Lipinski definition) is 3. The van der Waals surface area contributed by atoms with E-state index in [9.17, 15) is 8.42 Å². The van der Waals surface area contributed by atoms with Crippen LogP contribution in [0, 0.1) is 11.8 Å². The molecule has 0 saturated heterocycles. The highest BCUT2D eigenvalue weighted by Gasteiger charge is 2.12. The van der Waals surface area contributed by atoms with E-state index in [1.807, 2.05) is 0 Å². The van der Waals surface area contributed by atoms with Crippen LogP contribution < -0.4 is 4.72 Å². The molecule has 0 bridgehead atoms. The minimum Gasteiger partial charge on any atom is -0.395 e. The van der Waals surface area contributed by atoms with Gasteiger partial charge >= 0.3 is 10.2 Å². The van der Waals surface area contributed by atoms with Gasteiger partial charge in [-0.2, -0.15) is 12.7 Å².